The number of carbonyl (C=O) groups excluding carboxylic acids is 1. The van der Waals surface area contributed by atoms with Gasteiger partial charge in [-0.3, -0.25) is 5.43 Å². The minimum atomic E-state index is -0.176. The number of morpholine rings is 1. The maximum absolute atomic E-state index is 11.5. The second kappa shape index (κ2) is 4.14. The number of nitrogens with two attached hydrogens (primary N) is 1. The molecule has 0 aromatic carbocycles. The number of urea groups is 1. The molecule has 1 aliphatic carbocycles. The zero-order chi connectivity index (χ0) is 9.97. The van der Waals surface area contributed by atoms with E-state index in [0.717, 1.165) is 12.8 Å². The van der Waals surface area contributed by atoms with Gasteiger partial charge in [0.15, 0.2) is 0 Å². The normalized spacial score (nSPS) is 32.2. The van der Waals surface area contributed by atoms with E-state index in [0.29, 0.717) is 13.2 Å². The number of ether oxygens (including phenoxy) is 1. The molecule has 80 valence electrons. The van der Waals surface area contributed by atoms with Crippen LogP contribution in [0.4, 0.5) is 4.79 Å². The Morgan fingerprint density at radius 1 is 1.43 bits per heavy atom. The Balaban J connectivity index is 2.04. The largest absolute Gasteiger partial charge is 0.374 e. The number of hydrazine groups is 1. The molecule has 5 heteroatoms. The lowest BCUT2D eigenvalue weighted by Crippen LogP contribution is -2.58. The van der Waals surface area contributed by atoms with Gasteiger partial charge in [-0.05, 0) is 12.8 Å². The molecule has 2 unspecified atom stereocenters. The lowest BCUT2D eigenvalue weighted by molar-refractivity contribution is -0.0711. The number of hydrogen-bond donors (Lipinski definition) is 2. The molecule has 14 heavy (non-hydrogen) atoms. The fourth-order valence-corrected chi connectivity index (χ4v) is 2.43. The van der Waals surface area contributed by atoms with Crippen molar-refractivity contribution in [2.75, 3.05) is 13.2 Å². The molecule has 0 radical (unpaired) electrons. The van der Waals surface area contributed by atoms with Crippen molar-refractivity contribution < 1.29 is 9.53 Å². The van der Waals surface area contributed by atoms with Crippen LogP contribution in [0.5, 0.6) is 0 Å². The molecule has 3 N–H and O–H groups in total. The molecule has 1 saturated heterocycles. The minimum absolute atomic E-state index is 0.176. The number of amides is 2. The summed E-state index contributed by atoms with van der Waals surface area (Å²) in [6, 6.07) is 0.0613. The van der Waals surface area contributed by atoms with Gasteiger partial charge in [0.25, 0.3) is 0 Å². The third-order valence-electron chi connectivity index (χ3n) is 3.12. The Kier molecular flexibility index (Phi) is 2.88. The Morgan fingerprint density at radius 2 is 2.21 bits per heavy atom. The zero-order valence-corrected chi connectivity index (χ0v) is 8.24. The maximum Gasteiger partial charge on any atom is 0.331 e. The van der Waals surface area contributed by atoms with Crippen molar-refractivity contribution in [3.63, 3.8) is 0 Å². The van der Waals surface area contributed by atoms with E-state index in [4.69, 9.17) is 10.6 Å². The van der Waals surface area contributed by atoms with Gasteiger partial charge < -0.3 is 9.64 Å². The van der Waals surface area contributed by atoms with Crippen LogP contribution >= 0.6 is 0 Å². The number of nitrogens with one attached hydrogen (secondary N) is 1. The van der Waals surface area contributed by atoms with Crippen molar-refractivity contribution in [1.82, 2.24) is 10.3 Å². The molecule has 2 amide bonds. The predicted molar refractivity (Wildman–Crippen MR) is 51.4 cm³/mol. The highest BCUT2D eigenvalue weighted by molar-refractivity contribution is 5.74. The molecule has 2 fully saturated rings. The standard InChI is InChI=1S/C9H17N3O2/c10-11-9(13)12-5-6-14-8-4-2-1-3-7(8)12/h7-8H,1-6,10H2,(H,11,13). The lowest BCUT2D eigenvalue weighted by atomic mass is 9.90. The highest BCUT2D eigenvalue weighted by atomic mass is 16.5. The van der Waals surface area contributed by atoms with E-state index >= 15 is 0 Å². The molecular weight excluding hydrogens is 182 g/mol. The van der Waals surface area contributed by atoms with E-state index in [-0.39, 0.29) is 18.2 Å². The van der Waals surface area contributed by atoms with Crippen LogP contribution in [0.3, 0.4) is 0 Å². The highest BCUT2D eigenvalue weighted by Gasteiger charge is 2.36. The van der Waals surface area contributed by atoms with Crippen LogP contribution in [0, 0.1) is 0 Å². The molecular formula is C9H17N3O2. The fraction of sp³-hybridized carbons (Fsp3) is 0.889. The molecule has 2 aliphatic rings. The van der Waals surface area contributed by atoms with E-state index in [9.17, 15) is 4.79 Å². The van der Waals surface area contributed by atoms with E-state index in [2.05, 4.69) is 5.43 Å². The molecule has 0 spiro atoms. The summed E-state index contributed by atoms with van der Waals surface area (Å²) in [5.41, 5.74) is 2.20. The minimum Gasteiger partial charge on any atom is -0.374 e. The van der Waals surface area contributed by atoms with Crippen LogP contribution in [0.2, 0.25) is 0 Å². The van der Waals surface area contributed by atoms with Crippen molar-refractivity contribution in [2.45, 2.75) is 37.8 Å². The quantitative estimate of drug-likeness (QED) is 0.333. The lowest BCUT2D eigenvalue weighted by Gasteiger charge is -2.43. The van der Waals surface area contributed by atoms with Crippen molar-refractivity contribution in [2.24, 2.45) is 5.84 Å². The third kappa shape index (κ3) is 1.69. The summed E-state index contributed by atoms with van der Waals surface area (Å²) >= 11 is 0. The Morgan fingerprint density at radius 3 is 3.00 bits per heavy atom. The first-order chi connectivity index (χ1) is 6.83. The summed E-state index contributed by atoms with van der Waals surface area (Å²) in [5.74, 6) is 5.14. The summed E-state index contributed by atoms with van der Waals surface area (Å²) < 4.78 is 5.64. The summed E-state index contributed by atoms with van der Waals surface area (Å²) in [5, 5.41) is 0. The molecule has 2 rings (SSSR count). The van der Waals surface area contributed by atoms with Crippen molar-refractivity contribution in [1.29, 1.82) is 0 Å². The third-order valence-corrected chi connectivity index (χ3v) is 3.12. The van der Waals surface area contributed by atoms with Gasteiger partial charge in [0.1, 0.15) is 0 Å². The second-order valence-corrected chi connectivity index (χ2v) is 3.90. The smallest absolute Gasteiger partial charge is 0.331 e. The Labute approximate surface area is 83.5 Å². The van der Waals surface area contributed by atoms with Crippen LogP contribution in [-0.2, 0) is 4.74 Å². The summed E-state index contributed by atoms with van der Waals surface area (Å²) in [6.45, 7) is 1.29. The second-order valence-electron chi connectivity index (χ2n) is 3.90. The van der Waals surface area contributed by atoms with Gasteiger partial charge in [0.05, 0.1) is 18.8 Å². The number of nitrogens with zero attached hydrogens (tertiary/aromatic N) is 1. The highest BCUT2D eigenvalue weighted by Crippen LogP contribution is 2.28. The molecule has 2 atom stereocenters. The van der Waals surface area contributed by atoms with Gasteiger partial charge in [-0.2, -0.15) is 0 Å². The van der Waals surface area contributed by atoms with Crippen molar-refractivity contribution in [3.05, 3.63) is 0 Å². The predicted octanol–water partition coefficient (Wildman–Crippen LogP) is 0.213. The maximum atomic E-state index is 11.5. The first kappa shape index (κ1) is 9.73. The Hall–Kier alpha value is -0.810. The molecule has 1 saturated carbocycles. The molecule has 1 aliphatic heterocycles. The molecule has 1 heterocycles. The first-order valence-electron chi connectivity index (χ1n) is 5.22. The summed E-state index contributed by atoms with van der Waals surface area (Å²) in [6.07, 6.45) is 4.73. The van der Waals surface area contributed by atoms with E-state index < -0.39 is 0 Å². The molecule has 5 nitrogen and oxygen atoms in total. The van der Waals surface area contributed by atoms with Crippen LogP contribution in [0.15, 0.2) is 0 Å². The molecule has 0 aromatic rings. The average molecular weight is 199 g/mol. The zero-order valence-electron chi connectivity index (χ0n) is 8.24. The van der Waals surface area contributed by atoms with E-state index in [1.54, 1.807) is 0 Å². The van der Waals surface area contributed by atoms with Gasteiger partial charge in [0.2, 0.25) is 0 Å². The average Bonchev–Trinajstić information content (AvgIpc) is 2.27. The first-order valence-corrected chi connectivity index (χ1v) is 5.22. The van der Waals surface area contributed by atoms with Gasteiger partial charge in [-0.25, -0.2) is 10.6 Å². The van der Waals surface area contributed by atoms with Crippen LogP contribution in [0.1, 0.15) is 25.7 Å². The number of carbonyl (C=O) groups is 1. The number of rotatable bonds is 0. The van der Waals surface area contributed by atoms with Crippen molar-refractivity contribution in [3.8, 4) is 0 Å². The summed E-state index contributed by atoms with van der Waals surface area (Å²) in [4.78, 5) is 13.3. The number of hydrogen-bond acceptors (Lipinski definition) is 3. The van der Waals surface area contributed by atoms with Gasteiger partial charge >= 0.3 is 6.03 Å². The summed E-state index contributed by atoms with van der Waals surface area (Å²) in [7, 11) is 0. The SMILES string of the molecule is NNC(=O)N1CCOC2CCCCC21. The van der Waals surface area contributed by atoms with Gasteiger partial charge in [-0.15, -0.1) is 0 Å². The van der Waals surface area contributed by atoms with Crippen LogP contribution in [-0.4, -0.2) is 36.2 Å². The molecule has 0 bridgehead atoms. The monoisotopic (exact) mass is 199 g/mol. The van der Waals surface area contributed by atoms with E-state index in [1.165, 1.54) is 12.8 Å². The van der Waals surface area contributed by atoms with Crippen LogP contribution in [0.25, 0.3) is 0 Å². The van der Waals surface area contributed by atoms with Crippen molar-refractivity contribution >= 4 is 6.03 Å². The van der Waals surface area contributed by atoms with Crippen LogP contribution < -0.4 is 11.3 Å². The molecule has 0 aromatic heterocycles. The number of fused-ring (bicyclic) bond motifs is 1. The van der Waals surface area contributed by atoms with Gasteiger partial charge in [-0.1, -0.05) is 12.8 Å². The topological polar surface area (TPSA) is 67.6 Å². The van der Waals surface area contributed by atoms with Gasteiger partial charge in [0, 0.05) is 6.54 Å². The Bertz CT molecular complexity index is 220. The fourth-order valence-electron chi connectivity index (χ4n) is 2.43. The van der Waals surface area contributed by atoms with E-state index in [1.807, 2.05) is 4.90 Å².